The molecule has 1 aliphatic heterocycles. The minimum atomic E-state index is -0.960. The second kappa shape index (κ2) is 4.64. The van der Waals surface area contributed by atoms with Crippen LogP contribution in [0.1, 0.15) is 24.0 Å². The SMILES string of the molecule is Cc1cccc(C)c1N1C=C(C(=O)O)CCC1=O. The van der Waals surface area contributed by atoms with Gasteiger partial charge in [-0.2, -0.15) is 0 Å². The van der Waals surface area contributed by atoms with Crippen LogP contribution in [0.3, 0.4) is 0 Å². The molecule has 0 radical (unpaired) electrons. The van der Waals surface area contributed by atoms with Crippen LogP contribution in [0.2, 0.25) is 0 Å². The molecular formula is C14H15NO3. The minimum absolute atomic E-state index is 0.0580. The van der Waals surface area contributed by atoms with E-state index < -0.39 is 5.97 Å². The molecule has 0 saturated heterocycles. The quantitative estimate of drug-likeness (QED) is 0.870. The number of amides is 1. The molecule has 0 bridgehead atoms. The molecule has 0 aliphatic carbocycles. The zero-order chi connectivity index (χ0) is 13.3. The summed E-state index contributed by atoms with van der Waals surface area (Å²) >= 11 is 0. The smallest absolute Gasteiger partial charge is 0.333 e. The highest BCUT2D eigenvalue weighted by atomic mass is 16.4. The molecule has 1 N–H and O–H groups in total. The third-order valence-corrected chi connectivity index (χ3v) is 3.12. The lowest BCUT2D eigenvalue weighted by molar-refractivity contribution is -0.133. The summed E-state index contributed by atoms with van der Waals surface area (Å²) in [5, 5.41) is 9.02. The number of carboxylic acid groups (broad SMARTS) is 1. The molecule has 0 aromatic heterocycles. The van der Waals surface area contributed by atoms with E-state index in [0.717, 1.165) is 16.8 Å². The van der Waals surface area contributed by atoms with Crippen LogP contribution in [-0.4, -0.2) is 17.0 Å². The molecule has 1 aromatic carbocycles. The van der Waals surface area contributed by atoms with E-state index in [9.17, 15) is 9.59 Å². The van der Waals surface area contributed by atoms with E-state index in [1.165, 1.54) is 11.1 Å². The van der Waals surface area contributed by atoms with Gasteiger partial charge in [-0.1, -0.05) is 18.2 Å². The number of hydrogen-bond acceptors (Lipinski definition) is 2. The van der Waals surface area contributed by atoms with E-state index in [2.05, 4.69) is 0 Å². The summed E-state index contributed by atoms with van der Waals surface area (Å²) in [6, 6.07) is 5.75. The second-order valence-corrected chi connectivity index (χ2v) is 4.46. The van der Waals surface area contributed by atoms with Gasteiger partial charge in [0.25, 0.3) is 0 Å². The number of anilines is 1. The summed E-state index contributed by atoms with van der Waals surface area (Å²) < 4.78 is 0. The van der Waals surface area contributed by atoms with E-state index in [1.807, 2.05) is 32.0 Å². The molecule has 1 aliphatic rings. The number of rotatable bonds is 2. The lowest BCUT2D eigenvalue weighted by Crippen LogP contribution is -2.31. The highest BCUT2D eigenvalue weighted by Gasteiger charge is 2.25. The molecule has 4 nitrogen and oxygen atoms in total. The largest absolute Gasteiger partial charge is 0.478 e. The van der Waals surface area contributed by atoms with Gasteiger partial charge < -0.3 is 5.11 Å². The van der Waals surface area contributed by atoms with Crippen molar-refractivity contribution in [2.45, 2.75) is 26.7 Å². The molecule has 0 atom stereocenters. The number of hydrogen-bond donors (Lipinski definition) is 1. The summed E-state index contributed by atoms with van der Waals surface area (Å²) in [4.78, 5) is 24.4. The summed E-state index contributed by atoms with van der Waals surface area (Å²) in [5.41, 5.74) is 3.00. The standard InChI is InChI=1S/C14H15NO3/c1-9-4-3-5-10(2)13(9)15-8-11(14(17)18)6-7-12(15)16/h3-5,8H,6-7H2,1-2H3,(H,17,18). The fourth-order valence-corrected chi connectivity index (χ4v) is 2.19. The third-order valence-electron chi connectivity index (χ3n) is 3.12. The van der Waals surface area contributed by atoms with E-state index in [4.69, 9.17) is 5.11 Å². The van der Waals surface area contributed by atoms with Gasteiger partial charge in [0, 0.05) is 12.6 Å². The molecule has 1 heterocycles. The van der Waals surface area contributed by atoms with Gasteiger partial charge >= 0.3 is 5.97 Å². The van der Waals surface area contributed by atoms with E-state index in [1.54, 1.807) is 0 Å². The average Bonchev–Trinajstić information content (AvgIpc) is 2.30. The summed E-state index contributed by atoms with van der Waals surface area (Å²) in [5.74, 6) is -1.02. The zero-order valence-electron chi connectivity index (χ0n) is 10.4. The maximum Gasteiger partial charge on any atom is 0.333 e. The van der Waals surface area contributed by atoms with Gasteiger partial charge in [-0.15, -0.1) is 0 Å². The number of carbonyl (C=O) groups excluding carboxylic acids is 1. The average molecular weight is 245 g/mol. The van der Waals surface area contributed by atoms with Gasteiger partial charge in [0.15, 0.2) is 0 Å². The molecule has 2 rings (SSSR count). The Labute approximate surface area is 106 Å². The summed E-state index contributed by atoms with van der Waals surface area (Å²) in [6.45, 7) is 3.83. The van der Waals surface area contributed by atoms with Crippen molar-refractivity contribution in [2.24, 2.45) is 0 Å². The zero-order valence-corrected chi connectivity index (χ0v) is 10.4. The highest BCUT2D eigenvalue weighted by molar-refractivity contribution is 6.01. The van der Waals surface area contributed by atoms with Crippen LogP contribution in [0.25, 0.3) is 0 Å². The molecule has 1 amide bonds. The number of benzene rings is 1. The van der Waals surface area contributed by atoms with Crippen molar-refractivity contribution in [2.75, 3.05) is 4.90 Å². The predicted octanol–water partition coefficient (Wildman–Crippen LogP) is 2.40. The fourth-order valence-electron chi connectivity index (χ4n) is 2.19. The van der Waals surface area contributed by atoms with Gasteiger partial charge in [-0.05, 0) is 31.4 Å². The molecule has 18 heavy (non-hydrogen) atoms. The van der Waals surface area contributed by atoms with Crippen LogP contribution in [0.15, 0.2) is 30.0 Å². The van der Waals surface area contributed by atoms with Crippen molar-refractivity contribution in [3.8, 4) is 0 Å². The van der Waals surface area contributed by atoms with Crippen molar-refractivity contribution >= 4 is 17.6 Å². The number of para-hydroxylation sites is 1. The maximum absolute atomic E-state index is 12.0. The lowest BCUT2D eigenvalue weighted by Gasteiger charge is -2.26. The molecule has 94 valence electrons. The number of carboxylic acids is 1. The second-order valence-electron chi connectivity index (χ2n) is 4.46. The third kappa shape index (κ3) is 2.14. The Morgan fingerprint density at radius 1 is 1.22 bits per heavy atom. The van der Waals surface area contributed by atoms with Crippen LogP contribution in [-0.2, 0) is 9.59 Å². The fraction of sp³-hybridized carbons (Fsp3) is 0.286. The first kappa shape index (κ1) is 12.4. The number of aryl methyl sites for hydroxylation is 2. The van der Waals surface area contributed by atoms with Crippen molar-refractivity contribution < 1.29 is 14.7 Å². The number of carbonyl (C=O) groups is 2. The first-order valence-electron chi connectivity index (χ1n) is 5.83. The van der Waals surface area contributed by atoms with Gasteiger partial charge in [0.1, 0.15) is 0 Å². The van der Waals surface area contributed by atoms with Crippen LogP contribution in [0.4, 0.5) is 5.69 Å². The van der Waals surface area contributed by atoms with E-state index >= 15 is 0 Å². The Balaban J connectivity index is 2.51. The van der Waals surface area contributed by atoms with Gasteiger partial charge in [-0.3, -0.25) is 9.69 Å². The van der Waals surface area contributed by atoms with Gasteiger partial charge in [0.05, 0.1) is 11.3 Å². The van der Waals surface area contributed by atoms with Crippen LogP contribution >= 0.6 is 0 Å². The molecular weight excluding hydrogens is 230 g/mol. The van der Waals surface area contributed by atoms with E-state index in [0.29, 0.717) is 6.42 Å². The molecule has 0 fully saturated rings. The Morgan fingerprint density at radius 3 is 2.39 bits per heavy atom. The minimum Gasteiger partial charge on any atom is -0.478 e. The molecule has 4 heteroatoms. The maximum atomic E-state index is 12.0. The van der Waals surface area contributed by atoms with Crippen LogP contribution in [0.5, 0.6) is 0 Å². The first-order valence-corrected chi connectivity index (χ1v) is 5.83. The van der Waals surface area contributed by atoms with Crippen molar-refractivity contribution in [1.29, 1.82) is 0 Å². The first-order chi connectivity index (χ1) is 8.50. The van der Waals surface area contributed by atoms with Crippen molar-refractivity contribution in [1.82, 2.24) is 0 Å². The van der Waals surface area contributed by atoms with Crippen molar-refractivity contribution in [3.05, 3.63) is 41.1 Å². The predicted molar refractivity (Wildman–Crippen MR) is 68.4 cm³/mol. The lowest BCUT2D eigenvalue weighted by atomic mass is 10.0. The number of nitrogens with zero attached hydrogens (tertiary/aromatic N) is 1. The highest BCUT2D eigenvalue weighted by Crippen LogP contribution is 2.29. The summed E-state index contributed by atoms with van der Waals surface area (Å²) in [7, 11) is 0. The van der Waals surface area contributed by atoms with Crippen LogP contribution < -0.4 is 4.90 Å². The Kier molecular flexibility index (Phi) is 3.19. The monoisotopic (exact) mass is 245 g/mol. The van der Waals surface area contributed by atoms with Gasteiger partial charge in [0.2, 0.25) is 5.91 Å². The van der Waals surface area contributed by atoms with Crippen LogP contribution in [0, 0.1) is 13.8 Å². The Morgan fingerprint density at radius 2 is 1.83 bits per heavy atom. The molecule has 0 spiro atoms. The molecule has 1 aromatic rings. The Hall–Kier alpha value is -2.10. The normalized spacial score (nSPS) is 15.6. The molecule has 0 saturated carbocycles. The van der Waals surface area contributed by atoms with E-state index in [-0.39, 0.29) is 17.9 Å². The topological polar surface area (TPSA) is 57.6 Å². The van der Waals surface area contributed by atoms with Gasteiger partial charge in [-0.25, -0.2) is 4.79 Å². The Bertz CT molecular complexity index is 526. The number of aliphatic carboxylic acids is 1. The molecule has 0 unspecified atom stereocenters. The summed E-state index contributed by atoms with van der Waals surface area (Å²) in [6.07, 6.45) is 1.99. The van der Waals surface area contributed by atoms with Crippen molar-refractivity contribution in [3.63, 3.8) is 0 Å².